The normalized spacial score (nSPS) is 11.4. The zero-order valence-corrected chi connectivity index (χ0v) is 13.1. The number of carbonyl (C=O) groups excluding carboxylic acids is 1. The van der Waals surface area contributed by atoms with E-state index in [1.807, 2.05) is 30.3 Å². The van der Waals surface area contributed by atoms with E-state index in [1.54, 1.807) is 13.1 Å². The Morgan fingerprint density at radius 2 is 2.00 bits per heavy atom. The van der Waals surface area contributed by atoms with Crippen molar-refractivity contribution >= 4 is 15.9 Å². The Bertz CT molecular complexity index is 740. The molecule has 1 aromatic heterocycles. The third-order valence-corrected chi connectivity index (χ3v) is 3.60. The molecule has 0 saturated heterocycles. The lowest BCUT2D eigenvalue weighted by molar-refractivity contribution is -0.129. The Kier molecular flexibility index (Phi) is 4.94. The van der Waals surface area contributed by atoms with E-state index in [9.17, 15) is 13.2 Å². The molecule has 118 valence electrons. The molecule has 0 atom stereocenters. The van der Waals surface area contributed by atoms with Crippen LogP contribution in [0.25, 0.3) is 11.3 Å². The molecule has 0 aliphatic rings. The lowest BCUT2D eigenvalue weighted by Gasteiger charge is -2.15. The fraction of sp³-hybridized carbons (Fsp3) is 0.286. The van der Waals surface area contributed by atoms with Gasteiger partial charge in [-0.2, -0.15) is 0 Å². The first-order valence-corrected chi connectivity index (χ1v) is 8.44. The second kappa shape index (κ2) is 6.71. The van der Waals surface area contributed by atoms with Crippen LogP contribution in [-0.4, -0.2) is 44.2 Å². The third-order valence-electron chi connectivity index (χ3n) is 2.93. The molecule has 22 heavy (non-hydrogen) atoms. The highest BCUT2D eigenvalue weighted by Gasteiger charge is 2.14. The number of sulfonamides is 1. The van der Waals surface area contributed by atoms with Gasteiger partial charge in [0, 0.05) is 18.7 Å². The summed E-state index contributed by atoms with van der Waals surface area (Å²) in [6.07, 6.45) is 1.00. The zero-order valence-electron chi connectivity index (χ0n) is 12.3. The highest BCUT2D eigenvalue weighted by atomic mass is 32.2. The topological polar surface area (TPSA) is 92.5 Å². The molecule has 1 N–H and O–H groups in total. The molecule has 0 aliphatic carbocycles. The summed E-state index contributed by atoms with van der Waals surface area (Å²) < 4.78 is 29.3. The quantitative estimate of drug-likeness (QED) is 0.851. The Hall–Kier alpha value is -2.19. The second-order valence-electron chi connectivity index (χ2n) is 4.89. The average Bonchev–Trinajstić information content (AvgIpc) is 2.93. The van der Waals surface area contributed by atoms with Gasteiger partial charge in [0.15, 0.2) is 5.76 Å². The SMILES string of the molecule is CN(Cc1cc(-c2ccccc2)on1)C(=O)CNS(C)(=O)=O. The van der Waals surface area contributed by atoms with Gasteiger partial charge in [-0.15, -0.1) is 0 Å². The largest absolute Gasteiger partial charge is 0.356 e. The molecule has 1 heterocycles. The second-order valence-corrected chi connectivity index (χ2v) is 6.72. The molecule has 7 nitrogen and oxygen atoms in total. The van der Waals surface area contributed by atoms with Crippen molar-refractivity contribution in [2.75, 3.05) is 19.8 Å². The number of aromatic nitrogens is 1. The molecule has 0 fully saturated rings. The highest BCUT2D eigenvalue weighted by Crippen LogP contribution is 2.20. The van der Waals surface area contributed by atoms with Crippen LogP contribution in [0.4, 0.5) is 0 Å². The molecule has 0 aliphatic heterocycles. The molecule has 1 amide bonds. The summed E-state index contributed by atoms with van der Waals surface area (Å²) in [6.45, 7) is -0.0423. The minimum atomic E-state index is -3.39. The van der Waals surface area contributed by atoms with Crippen LogP contribution in [0.1, 0.15) is 5.69 Å². The predicted molar refractivity (Wildman–Crippen MR) is 81.3 cm³/mol. The first-order valence-electron chi connectivity index (χ1n) is 6.55. The van der Waals surface area contributed by atoms with Crippen LogP contribution >= 0.6 is 0 Å². The maximum atomic E-state index is 11.8. The number of nitrogens with one attached hydrogen (secondary N) is 1. The molecular weight excluding hydrogens is 306 g/mol. The lowest BCUT2D eigenvalue weighted by Crippen LogP contribution is -2.37. The Morgan fingerprint density at radius 3 is 2.64 bits per heavy atom. The maximum Gasteiger partial charge on any atom is 0.237 e. The van der Waals surface area contributed by atoms with Crippen molar-refractivity contribution in [1.29, 1.82) is 0 Å². The van der Waals surface area contributed by atoms with Crippen molar-refractivity contribution in [3.05, 3.63) is 42.1 Å². The fourth-order valence-electron chi connectivity index (χ4n) is 1.78. The van der Waals surface area contributed by atoms with Gasteiger partial charge in [0.25, 0.3) is 0 Å². The van der Waals surface area contributed by atoms with Crippen molar-refractivity contribution in [2.24, 2.45) is 0 Å². The van der Waals surface area contributed by atoms with Gasteiger partial charge >= 0.3 is 0 Å². The summed E-state index contributed by atoms with van der Waals surface area (Å²) in [5, 5.41) is 3.92. The summed E-state index contributed by atoms with van der Waals surface area (Å²) in [5.41, 5.74) is 1.49. The lowest BCUT2D eigenvalue weighted by atomic mass is 10.1. The summed E-state index contributed by atoms with van der Waals surface area (Å²) in [7, 11) is -1.82. The molecule has 0 bridgehead atoms. The number of nitrogens with zero attached hydrogens (tertiary/aromatic N) is 2. The molecule has 0 unspecified atom stereocenters. The van der Waals surface area contributed by atoms with Gasteiger partial charge in [0.05, 0.1) is 19.3 Å². The van der Waals surface area contributed by atoms with Gasteiger partial charge in [-0.25, -0.2) is 13.1 Å². The van der Waals surface area contributed by atoms with E-state index < -0.39 is 10.0 Å². The van der Waals surface area contributed by atoms with Crippen LogP contribution in [0, 0.1) is 0 Å². The first-order chi connectivity index (χ1) is 10.3. The highest BCUT2D eigenvalue weighted by molar-refractivity contribution is 7.88. The minimum Gasteiger partial charge on any atom is -0.356 e. The number of likely N-dealkylation sites (N-methyl/N-ethyl adjacent to an activating group) is 1. The molecule has 0 radical (unpaired) electrons. The molecule has 8 heteroatoms. The Labute approximate surface area is 129 Å². The average molecular weight is 323 g/mol. The molecule has 2 rings (SSSR count). The zero-order chi connectivity index (χ0) is 16.2. The third kappa shape index (κ3) is 4.68. The summed E-state index contributed by atoms with van der Waals surface area (Å²) >= 11 is 0. The minimum absolute atomic E-state index is 0.237. The van der Waals surface area contributed by atoms with E-state index in [2.05, 4.69) is 9.88 Å². The van der Waals surface area contributed by atoms with Crippen LogP contribution in [0.15, 0.2) is 40.9 Å². The van der Waals surface area contributed by atoms with Crippen LogP contribution in [0.5, 0.6) is 0 Å². The van der Waals surface area contributed by atoms with E-state index >= 15 is 0 Å². The summed E-state index contributed by atoms with van der Waals surface area (Å²) in [4.78, 5) is 13.2. The van der Waals surface area contributed by atoms with E-state index in [4.69, 9.17) is 4.52 Å². The number of hydrogen-bond acceptors (Lipinski definition) is 5. The predicted octanol–water partition coefficient (Wildman–Crippen LogP) is 0.849. The molecule has 0 spiro atoms. The number of carbonyl (C=O) groups is 1. The monoisotopic (exact) mass is 323 g/mol. The molecule has 1 aromatic carbocycles. The number of rotatable bonds is 6. The molecular formula is C14H17N3O4S. The summed E-state index contributed by atoms with van der Waals surface area (Å²) in [6, 6.07) is 11.2. The first kappa shape index (κ1) is 16.2. The number of benzene rings is 1. The Morgan fingerprint density at radius 1 is 1.32 bits per heavy atom. The van der Waals surface area contributed by atoms with Crippen molar-refractivity contribution in [2.45, 2.75) is 6.54 Å². The smallest absolute Gasteiger partial charge is 0.237 e. The van der Waals surface area contributed by atoms with Crippen LogP contribution in [-0.2, 0) is 21.4 Å². The van der Waals surface area contributed by atoms with Gasteiger partial charge in [0.2, 0.25) is 15.9 Å². The number of hydrogen-bond donors (Lipinski definition) is 1. The van der Waals surface area contributed by atoms with Gasteiger partial charge in [-0.3, -0.25) is 4.79 Å². The van der Waals surface area contributed by atoms with Gasteiger partial charge in [-0.1, -0.05) is 35.5 Å². The van der Waals surface area contributed by atoms with E-state index in [-0.39, 0.29) is 19.0 Å². The molecule has 0 saturated carbocycles. The van der Waals surface area contributed by atoms with E-state index in [0.29, 0.717) is 11.5 Å². The van der Waals surface area contributed by atoms with Gasteiger partial charge < -0.3 is 9.42 Å². The number of amides is 1. The summed E-state index contributed by atoms with van der Waals surface area (Å²) in [5.74, 6) is 0.264. The van der Waals surface area contributed by atoms with Crippen LogP contribution in [0.2, 0.25) is 0 Å². The standard InChI is InChI=1S/C14H17N3O4S/c1-17(14(18)9-15-22(2,19)20)10-12-8-13(21-16-12)11-6-4-3-5-7-11/h3-8,15H,9-10H2,1-2H3. The van der Waals surface area contributed by atoms with Crippen molar-refractivity contribution < 1.29 is 17.7 Å². The fourth-order valence-corrected chi connectivity index (χ4v) is 2.17. The van der Waals surface area contributed by atoms with Crippen molar-refractivity contribution in [1.82, 2.24) is 14.8 Å². The van der Waals surface area contributed by atoms with E-state index in [1.165, 1.54) is 4.90 Å². The Balaban J connectivity index is 1.96. The maximum absolute atomic E-state index is 11.8. The van der Waals surface area contributed by atoms with Crippen molar-refractivity contribution in [3.8, 4) is 11.3 Å². The van der Waals surface area contributed by atoms with Crippen LogP contribution < -0.4 is 4.72 Å². The van der Waals surface area contributed by atoms with Crippen LogP contribution in [0.3, 0.4) is 0 Å². The molecule has 2 aromatic rings. The van der Waals surface area contributed by atoms with Crippen molar-refractivity contribution in [3.63, 3.8) is 0 Å². The van der Waals surface area contributed by atoms with Gasteiger partial charge in [-0.05, 0) is 0 Å². The van der Waals surface area contributed by atoms with Gasteiger partial charge in [0.1, 0.15) is 5.69 Å². The van der Waals surface area contributed by atoms with E-state index in [0.717, 1.165) is 11.8 Å².